The third kappa shape index (κ3) is 4.28. The van der Waals surface area contributed by atoms with Crippen molar-refractivity contribution in [3.8, 4) is 11.3 Å². The van der Waals surface area contributed by atoms with Crippen molar-refractivity contribution < 1.29 is 4.79 Å². The second-order valence-electron chi connectivity index (χ2n) is 6.68. The van der Waals surface area contributed by atoms with Gasteiger partial charge in [0.05, 0.1) is 5.69 Å². The third-order valence-electron chi connectivity index (χ3n) is 4.39. The Balaban J connectivity index is 1.81. The van der Waals surface area contributed by atoms with Crippen LogP contribution < -0.4 is 10.9 Å². The van der Waals surface area contributed by atoms with E-state index in [1.807, 2.05) is 24.3 Å². The number of hydrogen-bond acceptors (Lipinski definition) is 4. The van der Waals surface area contributed by atoms with E-state index in [0.717, 1.165) is 5.56 Å². The molecule has 3 rings (SSSR count). The number of benzene rings is 1. The second-order valence-corrected chi connectivity index (χ2v) is 6.68. The highest BCUT2D eigenvalue weighted by Crippen LogP contribution is 2.18. The summed E-state index contributed by atoms with van der Waals surface area (Å²) in [5.74, 6) is 0.126. The summed E-state index contributed by atoms with van der Waals surface area (Å²) in [4.78, 5) is 28.8. The van der Waals surface area contributed by atoms with Crippen LogP contribution in [0.5, 0.6) is 0 Å². The van der Waals surface area contributed by atoms with E-state index in [1.54, 1.807) is 37.5 Å². The number of hydrogen-bond donors (Lipinski definition) is 1. The highest BCUT2D eigenvalue weighted by molar-refractivity contribution is 5.93. The first-order valence-electron chi connectivity index (χ1n) is 8.87. The molecule has 0 saturated heterocycles. The molecule has 138 valence electrons. The van der Waals surface area contributed by atoms with Crippen molar-refractivity contribution in [2.45, 2.75) is 32.7 Å². The van der Waals surface area contributed by atoms with Crippen molar-refractivity contribution in [2.24, 2.45) is 0 Å². The van der Waals surface area contributed by atoms with Crippen molar-refractivity contribution in [3.63, 3.8) is 0 Å². The Bertz CT molecular complexity index is 979. The van der Waals surface area contributed by atoms with E-state index in [9.17, 15) is 9.59 Å². The SMILES string of the molecule is CC(C)c1ccc(NC(=O)C(C)n2nc(-c3ccncc3)ccc2=O)cc1. The Morgan fingerprint density at radius 3 is 2.26 bits per heavy atom. The maximum Gasteiger partial charge on any atom is 0.267 e. The lowest BCUT2D eigenvalue weighted by Crippen LogP contribution is -2.33. The first-order chi connectivity index (χ1) is 13.0. The first-order valence-corrected chi connectivity index (χ1v) is 8.87. The number of nitrogens with one attached hydrogen (secondary N) is 1. The van der Waals surface area contributed by atoms with Gasteiger partial charge in [-0.3, -0.25) is 14.6 Å². The molecule has 1 aromatic carbocycles. The van der Waals surface area contributed by atoms with E-state index in [0.29, 0.717) is 17.3 Å². The largest absolute Gasteiger partial charge is 0.324 e. The highest BCUT2D eigenvalue weighted by atomic mass is 16.2. The summed E-state index contributed by atoms with van der Waals surface area (Å²) < 4.78 is 1.20. The quantitative estimate of drug-likeness (QED) is 0.752. The van der Waals surface area contributed by atoms with Crippen molar-refractivity contribution in [3.05, 3.63) is 76.8 Å². The van der Waals surface area contributed by atoms with Gasteiger partial charge in [-0.1, -0.05) is 26.0 Å². The molecule has 0 saturated carbocycles. The predicted molar refractivity (Wildman–Crippen MR) is 106 cm³/mol. The van der Waals surface area contributed by atoms with Crippen molar-refractivity contribution >= 4 is 11.6 Å². The Labute approximate surface area is 157 Å². The van der Waals surface area contributed by atoms with Gasteiger partial charge in [-0.05, 0) is 48.7 Å². The van der Waals surface area contributed by atoms with Gasteiger partial charge in [0.15, 0.2) is 0 Å². The molecule has 3 aromatic rings. The molecule has 0 aliphatic rings. The van der Waals surface area contributed by atoms with Crippen LogP contribution in [0, 0.1) is 0 Å². The van der Waals surface area contributed by atoms with Crippen LogP contribution in [0.1, 0.15) is 38.3 Å². The zero-order valence-electron chi connectivity index (χ0n) is 15.6. The minimum absolute atomic E-state index is 0.297. The Morgan fingerprint density at radius 2 is 1.63 bits per heavy atom. The molecule has 27 heavy (non-hydrogen) atoms. The predicted octanol–water partition coefficient (Wildman–Crippen LogP) is 3.63. The summed E-state index contributed by atoms with van der Waals surface area (Å²) in [6.45, 7) is 5.88. The summed E-state index contributed by atoms with van der Waals surface area (Å²) in [6.07, 6.45) is 3.31. The Kier molecular flexibility index (Phi) is 5.45. The van der Waals surface area contributed by atoms with Gasteiger partial charge in [0.1, 0.15) is 6.04 Å². The summed E-state index contributed by atoms with van der Waals surface area (Å²) in [5, 5.41) is 7.20. The molecule has 1 atom stereocenters. The lowest BCUT2D eigenvalue weighted by Gasteiger charge is -2.15. The summed E-state index contributed by atoms with van der Waals surface area (Å²) >= 11 is 0. The minimum atomic E-state index is -0.746. The normalized spacial score (nSPS) is 12.0. The van der Waals surface area contributed by atoms with E-state index >= 15 is 0 Å². The molecule has 1 unspecified atom stereocenters. The fourth-order valence-electron chi connectivity index (χ4n) is 2.69. The van der Waals surface area contributed by atoms with Gasteiger partial charge < -0.3 is 5.32 Å². The lowest BCUT2D eigenvalue weighted by molar-refractivity contribution is -0.119. The molecule has 6 heteroatoms. The average Bonchev–Trinajstić information content (AvgIpc) is 2.69. The van der Waals surface area contributed by atoms with Crippen LogP contribution in [0.4, 0.5) is 5.69 Å². The maximum absolute atomic E-state index is 12.6. The van der Waals surface area contributed by atoms with E-state index in [1.165, 1.54) is 16.3 Å². The van der Waals surface area contributed by atoms with Crippen molar-refractivity contribution in [2.75, 3.05) is 5.32 Å². The van der Waals surface area contributed by atoms with Crippen LogP contribution in [0.3, 0.4) is 0 Å². The van der Waals surface area contributed by atoms with Crippen LogP contribution in [0.15, 0.2) is 65.7 Å². The van der Waals surface area contributed by atoms with Crippen molar-refractivity contribution in [1.29, 1.82) is 0 Å². The fraction of sp³-hybridized carbons (Fsp3) is 0.238. The molecular weight excluding hydrogens is 340 g/mol. The van der Waals surface area contributed by atoms with Crippen LogP contribution >= 0.6 is 0 Å². The molecule has 2 aromatic heterocycles. The van der Waals surface area contributed by atoms with Crippen LogP contribution in [-0.2, 0) is 4.79 Å². The molecule has 0 fully saturated rings. The standard InChI is InChI=1S/C21H22N4O2/c1-14(2)16-4-6-18(7-5-16)23-21(27)15(3)25-20(26)9-8-19(24-25)17-10-12-22-13-11-17/h4-15H,1-3H3,(H,23,27). The fourth-order valence-corrected chi connectivity index (χ4v) is 2.69. The molecule has 0 bridgehead atoms. The van der Waals surface area contributed by atoms with Gasteiger partial charge in [0, 0.05) is 29.7 Å². The Morgan fingerprint density at radius 1 is 0.963 bits per heavy atom. The van der Waals surface area contributed by atoms with Crippen LogP contribution in [-0.4, -0.2) is 20.7 Å². The first kappa shape index (κ1) is 18.5. The van der Waals surface area contributed by atoms with Crippen LogP contribution in [0.25, 0.3) is 11.3 Å². The molecule has 0 aliphatic heterocycles. The second kappa shape index (κ2) is 7.95. The molecule has 0 aliphatic carbocycles. The molecule has 1 amide bonds. The molecule has 6 nitrogen and oxygen atoms in total. The zero-order chi connectivity index (χ0) is 19.4. The number of nitrogens with zero attached hydrogens (tertiary/aromatic N) is 3. The van der Waals surface area contributed by atoms with E-state index in [-0.39, 0.29) is 11.5 Å². The van der Waals surface area contributed by atoms with Gasteiger partial charge in [-0.25, -0.2) is 4.68 Å². The molecular formula is C21H22N4O2. The van der Waals surface area contributed by atoms with Gasteiger partial charge in [-0.2, -0.15) is 5.10 Å². The van der Waals surface area contributed by atoms with Gasteiger partial charge in [0.25, 0.3) is 5.56 Å². The highest BCUT2D eigenvalue weighted by Gasteiger charge is 2.18. The summed E-state index contributed by atoms with van der Waals surface area (Å²) in [5.41, 5.74) is 3.00. The number of carbonyl (C=O) groups excluding carboxylic acids is 1. The van der Waals surface area contributed by atoms with Gasteiger partial charge in [-0.15, -0.1) is 0 Å². The number of rotatable bonds is 5. The van der Waals surface area contributed by atoms with E-state index < -0.39 is 6.04 Å². The minimum Gasteiger partial charge on any atom is -0.324 e. The van der Waals surface area contributed by atoms with Gasteiger partial charge in [0.2, 0.25) is 5.91 Å². The number of aromatic nitrogens is 3. The summed E-state index contributed by atoms with van der Waals surface area (Å²) in [7, 11) is 0. The number of carbonyl (C=O) groups is 1. The smallest absolute Gasteiger partial charge is 0.267 e. The third-order valence-corrected chi connectivity index (χ3v) is 4.39. The van der Waals surface area contributed by atoms with Crippen molar-refractivity contribution in [1.82, 2.24) is 14.8 Å². The molecule has 0 radical (unpaired) electrons. The lowest BCUT2D eigenvalue weighted by atomic mass is 10.0. The Hall–Kier alpha value is -3.28. The van der Waals surface area contributed by atoms with Gasteiger partial charge >= 0.3 is 0 Å². The summed E-state index contributed by atoms with van der Waals surface area (Å²) in [6, 6.07) is 13.6. The van der Waals surface area contributed by atoms with E-state index in [2.05, 4.69) is 29.2 Å². The zero-order valence-corrected chi connectivity index (χ0v) is 15.6. The average molecular weight is 362 g/mol. The monoisotopic (exact) mass is 362 g/mol. The molecule has 1 N–H and O–H groups in total. The van der Waals surface area contributed by atoms with E-state index in [4.69, 9.17) is 0 Å². The maximum atomic E-state index is 12.6. The molecule has 2 heterocycles. The number of anilines is 1. The molecule has 0 spiro atoms. The number of amides is 1. The van der Waals surface area contributed by atoms with Crippen LogP contribution in [0.2, 0.25) is 0 Å². The topological polar surface area (TPSA) is 76.9 Å². The number of pyridine rings is 1.